The number of fused-ring (bicyclic) bond motifs is 1. The molecule has 0 aromatic carbocycles. The third-order valence-electron chi connectivity index (χ3n) is 6.54. The van der Waals surface area contributed by atoms with Crippen molar-refractivity contribution in [2.24, 2.45) is 5.92 Å². The van der Waals surface area contributed by atoms with E-state index >= 15 is 0 Å². The summed E-state index contributed by atoms with van der Waals surface area (Å²) in [5.74, 6) is -0.450. The number of aromatic amines is 1. The number of allylic oxidation sites excluding steroid dienone is 1. The topological polar surface area (TPSA) is 139 Å². The summed E-state index contributed by atoms with van der Waals surface area (Å²) >= 11 is 0. The van der Waals surface area contributed by atoms with Crippen molar-refractivity contribution >= 4 is 28.8 Å². The molecule has 3 aromatic rings. The molecule has 3 heterocycles. The number of halogens is 1. The van der Waals surface area contributed by atoms with Gasteiger partial charge in [0.1, 0.15) is 11.3 Å². The minimum absolute atomic E-state index is 0.0382. The minimum atomic E-state index is -0.930. The monoisotopic (exact) mass is 568 g/mol. The van der Waals surface area contributed by atoms with Gasteiger partial charge in [-0.25, -0.2) is 14.2 Å². The smallest absolute Gasteiger partial charge is 0.407 e. The van der Waals surface area contributed by atoms with Crippen molar-refractivity contribution in [3.05, 3.63) is 69.4 Å². The van der Waals surface area contributed by atoms with Gasteiger partial charge in [-0.15, -0.1) is 0 Å². The molecule has 3 rings (SSSR count). The number of imidazole rings is 1. The fraction of sp³-hybridized carbons (Fsp3) is 0.448. The molecular formula is C29H37FN6O5. The summed E-state index contributed by atoms with van der Waals surface area (Å²) in [6.45, 7) is 5.87. The number of methoxy groups -OCH3 is 1. The van der Waals surface area contributed by atoms with E-state index < -0.39 is 23.5 Å². The zero-order valence-electron chi connectivity index (χ0n) is 24.3. The van der Waals surface area contributed by atoms with Crippen molar-refractivity contribution < 1.29 is 23.5 Å². The number of hydrogen-bond donors (Lipinski definition) is 2. The standard InChI is InChI=1S/C29H37FN6O5/c1-17(2)13-22-27-26(20(30)15-31-22)33-24(34-27)16-36-18(3)11-12-19(28(36)39)14-23(37)21(32-29(40)41-6)9-7-8-10-25(38)35(4)5/h8,10-12,15,17,21H,7,9,13-14,16H2,1-6H3,(H,32,40)(H,33,34)/b10-8+/t21-/m0/s1. The second-order valence-corrected chi connectivity index (χ2v) is 10.5. The van der Waals surface area contributed by atoms with Gasteiger partial charge in [-0.1, -0.05) is 26.0 Å². The number of nitrogens with one attached hydrogen (secondary N) is 2. The predicted molar refractivity (Wildman–Crippen MR) is 152 cm³/mol. The number of rotatable bonds is 12. The van der Waals surface area contributed by atoms with Gasteiger partial charge in [0.15, 0.2) is 11.6 Å². The van der Waals surface area contributed by atoms with Crippen LogP contribution in [0.25, 0.3) is 11.0 Å². The van der Waals surface area contributed by atoms with Crippen LogP contribution in [0.2, 0.25) is 0 Å². The van der Waals surface area contributed by atoms with Gasteiger partial charge >= 0.3 is 6.09 Å². The minimum Gasteiger partial charge on any atom is -0.453 e. The number of ketones is 1. The van der Waals surface area contributed by atoms with E-state index in [9.17, 15) is 23.6 Å². The van der Waals surface area contributed by atoms with Gasteiger partial charge in [0, 0.05) is 31.8 Å². The number of H-pyrrole nitrogens is 1. The molecule has 0 aliphatic heterocycles. The van der Waals surface area contributed by atoms with E-state index in [-0.39, 0.29) is 42.2 Å². The van der Waals surface area contributed by atoms with Crippen molar-refractivity contribution in [3.63, 3.8) is 0 Å². The van der Waals surface area contributed by atoms with Crippen molar-refractivity contribution in [2.45, 2.75) is 59.0 Å². The Balaban J connectivity index is 1.83. The summed E-state index contributed by atoms with van der Waals surface area (Å²) in [6.07, 6.45) is 4.35. The van der Waals surface area contributed by atoms with E-state index in [0.29, 0.717) is 41.5 Å². The van der Waals surface area contributed by atoms with Crippen molar-refractivity contribution in [1.29, 1.82) is 0 Å². The molecule has 3 aromatic heterocycles. The van der Waals surface area contributed by atoms with Crippen LogP contribution in [-0.4, -0.2) is 69.4 Å². The van der Waals surface area contributed by atoms with Gasteiger partial charge in [0.2, 0.25) is 5.91 Å². The maximum Gasteiger partial charge on any atom is 0.407 e. The molecule has 0 aliphatic rings. The number of Topliss-reactive ketones (excluding diaryl/α,β-unsaturated/α-hetero) is 1. The first-order chi connectivity index (χ1) is 19.4. The Kier molecular flexibility index (Phi) is 10.5. The first-order valence-electron chi connectivity index (χ1n) is 13.4. The van der Waals surface area contributed by atoms with Crippen molar-refractivity contribution in [3.8, 4) is 0 Å². The highest BCUT2D eigenvalue weighted by atomic mass is 19.1. The number of carbonyl (C=O) groups excluding carboxylic acids is 3. The molecule has 0 saturated carbocycles. The maximum absolute atomic E-state index is 14.5. The summed E-state index contributed by atoms with van der Waals surface area (Å²) in [5.41, 5.74) is 1.84. The lowest BCUT2D eigenvalue weighted by Gasteiger charge is -2.17. The highest BCUT2D eigenvalue weighted by Gasteiger charge is 2.23. The molecule has 0 aliphatic carbocycles. The number of alkyl carbamates (subject to hydrolysis) is 1. The predicted octanol–water partition coefficient (Wildman–Crippen LogP) is 3.07. The molecule has 0 unspecified atom stereocenters. The molecule has 220 valence electrons. The Morgan fingerprint density at radius 3 is 2.63 bits per heavy atom. The molecule has 12 heteroatoms. The lowest BCUT2D eigenvalue weighted by atomic mass is 10.0. The Labute approximate surface area is 237 Å². The van der Waals surface area contributed by atoms with Crippen molar-refractivity contribution in [2.75, 3.05) is 21.2 Å². The molecule has 0 bridgehead atoms. The average molecular weight is 569 g/mol. The van der Waals surface area contributed by atoms with Crippen molar-refractivity contribution in [1.82, 2.24) is 29.7 Å². The van der Waals surface area contributed by atoms with Gasteiger partial charge in [-0.05, 0) is 44.2 Å². The second-order valence-electron chi connectivity index (χ2n) is 10.5. The summed E-state index contributed by atoms with van der Waals surface area (Å²) in [4.78, 5) is 63.4. The Morgan fingerprint density at radius 2 is 1.98 bits per heavy atom. The number of pyridine rings is 2. The molecule has 41 heavy (non-hydrogen) atoms. The van der Waals surface area contributed by atoms with Gasteiger partial charge in [-0.3, -0.25) is 19.4 Å². The fourth-order valence-electron chi connectivity index (χ4n) is 4.30. The molecular weight excluding hydrogens is 531 g/mol. The van der Waals surface area contributed by atoms with Crippen LogP contribution in [-0.2, 0) is 33.7 Å². The molecule has 0 radical (unpaired) electrons. The zero-order valence-corrected chi connectivity index (χ0v) is 24.3. The fourth-order valence-corrected chi connectivity index (χ4v) is 4.30. The normalized spacial score (nSPS) is 12.2. The summed E-state index contributed by atoms with van der Waals surface area (Å²) < 4.78 is 20.6. The molecule has 2 amide bonds. The van der Waals surface area contributed by atoms with Gasteiger partial charge in [0.05, 0.1) is 37.1 Å². The average Bonchev–Trinajstić information content (AvgIpc) is 3.36. The van der Waals surface area contributed by atoms with E-state index in [1.54, 1.807) is 39.2 Å². The highest BCUT2D eigenvalue weighted by Crippen LogP contribution is 2.21. The lowest BCUT2D eigenvalue weighted by Crippen LogP contribution is -2.42. The SMILES string of the molecule is COC(=O)N[C@@H](CC/C=C/C(=O)N(C)C)C(=O)Cc1ccc(C)n(Cc2nc3c(F)cnc(CC(C)C)c3[nH]2)c1=O. The van der Waals surface area contributed by atoms with E-state index in [0.717, 1.165) is 6.20 Å². The second kappa shape index (κ2) is 13.8. The van der Waals surface area contributed by atoms with Gasteiger partial charge in [0.25, 0.3) is 5.56 Å². The number of amides is 2. The van der Waals surface area contributed by atoms with E-state index in [1.165, 1.54) is 22.7 Å². The van der Waals surface area contributed by atoms with Crippen LogP contribution in [0.5, 0.6) is 0 Å². The molecule has 0 fully saturated rings. The summed E-state index contributed by atoms with van der Waals surface area (Å²) in [5, 5.41) is 2.52. The summed E-state index contributed by atoms with van der Waals surface area (Å²) in [7, 11) is 4.44. The third kappa shape index (κ3) is 8.09. The van der Waals surface area contributed by atoms with Crippen LogP contribution >= 0.6 is 0 Å². The lowest BCUT2D eigenvalue weighted by molar-refractivity contribution is -0.123. The number of carbonyl (C=O) groups is 3. The molecule has 0 saturated heterocycles. The molecule has 0 spiro atoms. The van der Waals surface area contributed by atoms with Crippen LogP contribution in [0, 0.1) is 18.7 Å². The van der Waals surface area contributed by atoms with E-state index in [4.69, 9.17) is 0 Å². The molecule has 1 atom stereocenters. The number of aromatic nitrogens is 4. The Morgan fingerprint density at radius 1 is 1.24 bits per heavy atom. The van der Waals surface area contributed by atoms with Crippen LogP contribution in [0.1, 0.15) is 49.5 Å². The van der Waals surface area contributed by atoms with Crippen LogP contribution < -0.4 is 10.9 Å². The van der Waals surface area contributed by atoms with Crippen LogP contribution in [0.3, 0.4) is 0 Å². The van der Waals surface area contributed by atoms with Crippen LogP contribution in [0.4, 0.5) is 9.18 Å². The summed E-state index contributed by atoms with van der Waals surface area (Å²) in [6, 6.07) is 2.37. The van der Waals surface area contributed by atoms with Crippen LogP contribution in [0.15, 0.2) is 35.3 Å². The number of hydrogen-bond acceptors (Lipinski definition) is 7. The molecule has 11 nitrogen and oxygen atoms in total. The Bertz CT molecular complexity index is 1510. The largest absolute Gasteiger partial charge is 0.453 e. The van der Waals surface area contributed by atoms with Gasteiger partial charge < -0.3 is 24.5 Å². The maximum atomic E-state index is 14.5. The Hall–Kier alpha value is -4.35. The number of ether oxygens (including phenoxy) is 1. The first-order valence-corrected chi connectivity index (χ1v) is 13.4. The van der Waals surface area contributed by atoms with E-state index in [1.807, 2.05) is 13.8 Å². The third-order valence-corrected chi connectivity index (χ3v) is 6.54. The molecule has 2 N–H and O–H groups in total. The number of aryl methyl sites for hydroxylation is 1. The zero-order chi connectivity index (χ0) is 30.3. The van der Waals surface area contributed by atoms with Gasteiger partial charge in [-0.2, -0.15) is 0 Å². The number of likely N-dealkylation sites (N-methyl/N-ethyl adjacent to an activating group) is 1. The quantitative estimate of drug-likeness (QED) is 0.320. The van der Waals surface area contributed by atoms with E-state index in [2.05, 4.69) is 25.0 Å². The highest BCUT2D eigenvalue weighted by molar-refractivity contribution is 5.89. The first kappa shape index (κ1) is 31.2. The number of nitrogens with zero attached hydrogens (tertiary/aromatic N) is 4.